The van der Waals surface area contributed by atoms with Crippen LogP contribution in [0.5, 0.6) is 0 Å². The van der Waals surface area contributed by atoms with Crippen LogP contribution >= 0.6 is 0 Å². The van der Waals surface area contributed by atoms with Gasteiger partial charge in [-0.1, -0.05) is 6.92 Å². The van der Waals surface area contributed by atoms with Crippen molar-refractivity contribution in [1.82, 2.24) is 14.9 Å². The molecule has 0 saturated carbocycles. The number of β-amino-alcohol motifs (C(OH)–C–C–N with tert-alkyl or cyclic N) is 1. The van der Waals surface area contributed by atoms with Crippen molar-refractivity contribution < 1.29 is 5.11 Å². The summed E-state index contributed by atoms with van der Waals surface area (Å²) in [5.74, 6) is 0. The molecule has 0 aromatic carbocycles. The van der Waals surface area contributed by atoms with Crippen molar-refractivity contribution in [3.8, 4) is 0 Å². The first-order valence-corrected chi connectivity index (χ1v) is 5.87. The number of nitrogens with zero attached hydrogens (tertiary/aromatic N) is 2. The Morgan fingerprint density at radius 2 is 2.19 bits per heavy atom. The van der Waals surface area contributed by atoms with Gasteiger partial charge in [0, 0.05) is 18.6 Å². The Bertz CT molecular complexity index is 314. The molecule has 1 unspecified atom stereocenters. The lowest BCUT2D eigenvalue weighted by atomic mass is 10.1. The van der Waals surface area contributed by atoms with Gasteiger partial charge >= 0.3 is 0 Å². The Labute approximate surface area is 97.7 Å². The smallest absolute Gasteiger partial charge is 0.108 e. The summed E-state index contributed by atoms with van der Waals surface area (Å²) in [5, 5.41) is 13.3. The minimum Gasteiger partial charge on any atom is -0.385 e. The van der Waals surface area contributed by atoms with E-state index in [-0.39, 0.29) is 5.54 Å². The van der Waals surface area contributed by atoms with Crippen molar-refractivity contribution in [2.75, 3.05) is 6.54 Å². The van der Waals surface area contributed by atoms with E-state index in [1.54, 1.807) is 12.5 Å². The van der Waals surface area contributed by atoms with Crippen LogP contribution in [0.1, 0.15) is 45.9 Å². The molecule has 0 saturated heterocycles. The average Bonchev–Trinajstić information content (AvgIpc) is 2.62. The van der Waals surface area contributed by atoms with Crippen LogP contribution in [0.2, 0.25) is 0 Å². The van der Waals surface area contributed by atoms with Gasteiger partial charge in [0.1, 0.15) is 6.10 Å². The fraction of sp³-hybridized carbons (Fsp3) is 0.750. The summed E-state index contributed by atoms with van der Waals surface area (Å²) < 4.78 is 2.01. The Kier molecular flexibility index (Phi) is 4.50. The molecule has 0 aliphatic carbocycles. The first-order chi connectivity index (χ1) is 7.44. The summed E-state index contributed by atoms with van der Waals surface area (Å²) in [6.07, 6.45) is 4.07. The Hall–Kier alpha value is -0.870. The summed E-state index contributed by atoms with van der Waals surface area (Å²) in [7, 11) is 0. The van der Waals surface area contributed by atoms with E-state index in [1.807, 2.05) is 4.57 Å². The van der Waals surface area contributed by atoms with Gasteiger partial charge in [-0.05, 0) is 27.2 Å². The lowest BCUT2D eigenvalue weighted by molar-refractivity contribution is 0.154. The molecule has 16 heavy (non-hydrogen) atoms. The summed E-state index contributed by atoms with van der Waals surface area (Å²) in [6.45, 7) is 9.83. The van der Waals surface area contributed by atoms with E-state index in [0.29, 0.717) is 6.54 Å². The zero-order valence-corrected chi connectivity index (χ0v) is 10.7. The minimum absolute atomic E-state index is 0.0244. The average molecular weight is 225 g/mol. The Morgan fingerprint density at radius 1 is 1.50 bits per heavy atom. The third-order valence-electron chi connectivity index (χ3n) is 2.38. The van der Waals surface area contributed by atoms with E-state index in [4.69, 9.17) is 0 Å². The van der Waals surface area contributed by atoms with Crippen molar-refractivity contribution >= 4 is 0 Å². The zero-order chi connectivity index (χ0) is 12.2. The second-order valence-electron chi connectivity index (χ2n) is 5.16. The van der Waals surface area contributed by atoms with E-state index < -0.39 is 6.10 Å². The maximum Gasteiger partial charge on any atom is 0.108 e. The van der Waals surface area contributed by atoms with E-state index in [1.165, 1.54) is 0 Å². The molecule has 2 N–H and O–H groups in total. The molecule has 0 aliphatic heterocycles. The minimum atomic E-state index is -0.492. The highest BCUT2D eigenvalue weighted by Gasteiger charge is 2.16. The largest absolute Gasteiger partial charge is 0.385 e. The molecule has 0 bridgehead atoms. The van der Waals surface area contributed by atoms with E-state index >= 15 is 0 Å². The SMILES string of the molecule is CCCn1cncc1C(O)CNC(C)(C)C. The first kappa shape index (κ1) is 13.2. The molecule has 0 fully saturated rings. The van der Waals surface area contributed by atoms with Gasteiger partial charge < -0.3 is 15.0 Å². The predicted molar refractivity (Wildman–Crippen MR) is 65.2 cm³/mol. The maximum absolute atomic E-state index is 10.1. The number of nitrogens with one attached hydrogen (secondary N) is 1. The van der Waals surface area contributed by atoms with Gasteiger partial charge in [0.15, 0.2) is 0 Å². The standard InChI is InChI=1S/C12H23N3O/c1-5-6-15-9-13-7-10(15)11(16)8-14-12(2,3)4/h7,9,11,14,16H,5-6,8H2,1-4H3. The highest BCUT2D eigenvalue weighted by Crippen LogP contribution is 2.13. The third kappa shape index (κ3) is 3.94. The summed E-state index contributed by atoms with van der Waals surface area (Å²) in [5.41, 5.74) is 0.912. The second kappa shape index (κ2) is 5.46. The van der Waals surface area contributed by atoms with Crippen LogP contribution in [-0.4, -0.2) is 26.7 Å². The van der Waals surface area contributed by atoms with Crippen LogP contribution < -0.4 is 5.32 Å². The molecular formula is C12H23N3O. The van der Waals surface area contributed by atoms with Crippen LogP contribution in [0.3, 0.4) is 0 Å². The summed E-state index contributed by atoms with van der Waals surface area (Å²) in [4.78, 5) is 4.08. The number of hydrogen-bond acceptors (Lipinski definition) is 3. The maximum atomic E-state index is 10.1. The fourth-order valence-corrected chi connectivity index (χ4v) is 1.54. The third-order valence-corrected chi connectivity index (χ3v) is 2.38. The topological polar surface area (TPSA) is 50.1 Å². The molecule has 4 heteroatoms. The molecule has 4 nitrogen and oxygen atoms in total. The molecule has 0 spiro atoms. The van der Waals surface area contributed by atoms with Gasteiger partial charge in [-0.3, -0.25) is 0 Å². The molecule has 0 amide bonds. The lowest BCUT2D eigenvalue weighted by Crippen LogP contribution is -2.38. The van der Waals surface area contributed by atoms with Gasteiger partial charge in [-0.15, -0.1) is 0 Å². The fourth-order valence-electron chi connectivity index (χ4n) is 1.54. The zero-order valence-electron chi connectivity index (χ0n) is 10.7. The number of hydrogen-bond donors (Lipinski definition) is 2. The molecule has 0 radical (unpaired) electrons. The highest BCUT2D eigenvalue weighted by molar-refractivity contribution is 5.03. The normalized spacial score (nSPS) is 14.1. The lowest BCUT2D eigenvalue weighted by Gasteiger charge is -2.23. The summed E-state index contributed by atoms with van der Waals surface area (Å²) in [6, 6.07) is 0. The van der Waals surface area contributed by atoms with Crippen LogP contribution in [0, 0.1) is 0 Å². The van der Waals surface area contributed by atoms with Crippen molar-refractivity contribution in [2.45, 2.75) is 52.3 Å². The van der Waals surface area contributed by atoms with Gasteiger partial charge in [-0.2, -0.15) is 0 Å². The molecule has 1 aromatic heterocycles. The monoisotopic (exact) mass is 225 g/mol. The first-order valence-electron chi connectivity index (χ1n) is 5.87. The molecule has 1 rings (SSSR count). The van der Waals surface area contributed by atoms with Crippen LogP contribution in [0.15, 0.2) is 12.5 Å². The Morgan fingerprint density at radius 3 is 2.75 bits per heavy atom. The predicted octanol–water partition coefficient (Wildman–Crippen LogP) is 1.71. The van der Waals surface area contributed by atoms with Crippen molar-refractivity contribution in [2.24, 2.45) is 0 Å². The Balaban J connectivity index is 2.58. The van der Waals surface area contributed by atoms with Crippen molar-refractivity contribution in [3.63, 3.8) is 0 Å². The van der Waals surface area contributed by atoms with Crippen molar-refractivity contribution in [1.29, 1.82) is 0 Å². The van der Waals surface area contributed by atoms with E-state index in [2.05, 4.69) is 38.0 Å². The summed E-state index contributed by atoms with van der Waals surface area (Å²) >= 11 is 0. The van der Waals surface area contributed by atoms with Crippen LogP contribution in [0.4, 0.5) is 0 Å². The quantitative estimate of drug-likeness (QED) is 0.802. The molecule has 92 valence electrons. The van der Waals surface area contributed by atoms with Crippen LogP contribution in [0.25, 0.3) is 0 Å². The number of aliphatic hydroxyl groups is 1. The number of aryl methyl sites for hydroxylation is 1. The number of aromatic nitrogens is 2. The molecule has 1 atom stereocenters. The second-order valence-corrected chi connectivity index (χ2v) is 5.16. The van der Waals surface area contributed by atoms with E-state index in [0.717, 1.165) is 18.7 Å². The van der Waals surface area contributed by atoms with Crippen molar-refractivity contribution in [3.05, 3.63) is 18.2 Å². The van der Waals surface area contributed by atoms with Gasteiger partial charge in [0.2, 0.25) is 0 Å². The van der Waals surface area contributed by atoms with Crippen LogP contribution in [-0.2, 0) is 6.54 Å². The van der Waals surface area contributed by atoms with Gasteiger partial charge in [-0.25, -0.2) is 4.98 Å². The number of imidazole rings is 1. The number of aliphatic hydroxyl groups excluding tert-OH is 1. The molecule has 1 heterocycles. The number of rotatable bonds is 5. The molecule has 0 aliphatic rings. The highest BCUT2D eigenvalue weighted by atomic mass is 16.3. The molecular weight excluding hydrogens is 202 g/mol. The van der Waals surface area contributed by atoms with Gasteiger partial charge in [0.05, 0.1) is 18.2 Å². The van der Waals surface area contributed by atoms with Gasteiger partial charge in [0.25, 0.3) is 0 Å². The van der Waals surface area contributed by atoms with E-state index in [9.17, 15) is 5.11 Å². The molecule has 1 aromatic rings.